The molecule has 1 heterocycles. The number of aromatic nitrogens is 1. The van der Waals surface area contributed by atoms with E-state index in [4.69, 9.17) is 4.74 Å². The zero-order valence-electron chi connectivity index (χ0n) is 22.4. The van der Waals surface area contributed by atoms with Crippen LogP contribution in [0.5, 0.6) is 5.75 Å². The van der Waals surface area contributed by atoms with Crippen LogP contribution >= 0.6 is 0 Å². The molecule has 4 rings (SSSR count). The Morgan fingerprint density at radius 3 is 2.40 bits per heavy atom. The number of sulfone groups is 1. The van der Waals surface area contributed by atoms with Gasteiger partial charge < -0.3 is 30.2 Å². The number of aryl methyl sites for hydroxylation is 1. The molecule has 0 aliphatic rings. The van der Waals surface area contributed by atoms with Crippen LogP contribution in [0, 0.1) is 0 Å². The molecule has 0 fully saturated rings. The molecule has 4 aromatic rings. The van der Waals surface area contributed by atoms with Crippen molar-refractivity contribution in [3.63, 3.8) is 0 Å². The van der Waals surface area contributed by atoms with Gasteiger partial charge >= 0.3 is 5.97 Å². The van der Waals surface area contributed by atoms with Crippen LogP contribution in [0.2, 0.25) is 0 Å². The smallest absolute Gasteiger partial charge is 0.352 e. The molecule has 9 nitrogen and oxygen atoms in total. The molecule has 0 spiro atoms. The van der Waals surface area contributed by atoms with E-state index in [0.29, 0.717) is 43.9 Å². The standard InChI is InChI=1S/C30H35N3O6S/c1-40(37,38)21-32-23-15-13-22(14-16-23)19-33-28-12-6-5-10-26(28)27(29(33)30(35)36)11-7-17-31-18-24(34)20-39-25-8-3-2-4-9-25/h2-6,8-10,12-16,24,31-32,34H,7,11,17-21H2,1H3,(H,35,36). The van der Waals surface area contributed by atoms with Gasteiger partial charge in [-0.3, -0.25) is 0 Å². The molecule has 40 heavy (non-hydrogen) atoms. The summed E-state index contributed by atoms with van der Waals surface area (Å²) in [5.74, 6) is -0.436. The maximum Gasteiger partial charge on any atom is 0.352 e. The van der Waals surface area contributed by atoms with Crippen LogP contribution in [0.1, 0.15) is 28.0 Å². The summed E-state index contributed by atoms with van der Waals surface area (Å²) in [4.78, 5) is 12.5. The first-order chi connectivity index (χ1) is 19.2. The Morgan fingerprint density at radius 2 is 1.70 bits per heavy atom. The van der Waals surface area contributed by atoms with Crippen molar-refractivity contribution in [1.82, 2.24) is 9.88 Å². The summed E-state index contributed by atoms with van der Waals surface area (Å²) in [5.41, 5.74) is 3.46. The van der Waals surface area contributed by atoms with Crippen molar-refractivity contribution >= 4 is 32.4 Å². The first kappa shape index (κ1) is 29.1. The molecule has 4 N–H and O–H groups in total. The predicted octanol–water partition coefficient (Wildman–Crippen LogP) is 3.76. The number of anilines is 1. The number of nitrogens with zero attached hydrogens (tertiary/aromatic N) is 1. The van der Waals surface area contributed by atoms with Crippen LogP contribution in [0.25, 0.3) is 10.9 Å². The van der Waals surface area contributed by atoms with Gasteiger partial charge in [0, 0.05) is 35.9 Å². The number of carboxylic acids is 1. The number of ether oxygens (including phenoxy) is 1. The molecule has 1 unspecified atom stereocenters. The van der Waals surface area contributed by atoms with Gasteiger partial charge in [-0.05, 0) is 60.8 Å². The van der Waals surface area contributed by atoms with Crippen LogP contribution in [0.15, 0.2) is 78.9 Å². The number of fused-ring (bicyclic) bond motifs is 1. The first-order valence-electron chi connectivity index (χ1n) is 13.1. The highest BCUT2D eigenvalue weighted by atomic mass is 32.2. The van der Waals surface area contributed by atoms with Gasteiger partial charge in [0.05, 0.1) is 0 Å². The average molecular weight is 566 g/mol. The quantitative estimate of drug-likeness (QED) is 0.160. The van der Waals surface area contributed by atoms with E-state index in [1.807, 2.05) is 71.3 Å². The van der Waals surface area contributed by atoms with Crippen molar-refractivity contribution in [1.29, 1.82) is 0 Å². The van der Waals surface area contributed by atoms with Gasteiger partial charge in [0.1, 0.15) is 30.0 Å². The Kier molecular flexibility index (Phi) is 9.81. The van der Waals surface area contributed by atoms with Crippen molar-refractivity contribution in [3.05, 3.63) is 95.7 Å². The summed E-state index contributed by atoms with van der Waals surface area (Å²) < 4.78 is 30.2. The monoisotopic (exact) mass is 565 g/mol. The summed E-state index contributed by atoms with van der Waals surface area (Å²) in [6, 6.07) is 24.3. The van der Waals surface area contributed by atoms with Crippen molar-refractivity contribution < 1.29 is 28.2 Å². The van der Waals surface area contributed by atoms with E-state index in [9.17, 15) is 23.4 Å². The minimum absolute atomic E-state index is 0.156. The van der Waals surface area contributed by atoms with Crippen LogP contribution in [-0.2, 0) is 22.8 Å². The van der Waals surface area contributed by atoms with Gasteiger partial charge in [0.2, 0.25) is 0 Å². The molecule has 212 valence electrons. The van der Waals surface area contributed by atoms with Gasteiger partial charge in [0.15, 0.2) is 9.84 Å². The fourth-order valence-electron chi connectivity index (χ4n) is 4.59. The molecule has 0 aliphatic heterocycles. The summed E-state index contributed by atoms with van der Waals surface area (Å²) in [7, 11) is -3.15. The molecule has 3 aromatic carbocycles. The Morgan fingerprint density at radius 1 is 1.00 bits per heavy atom. The second kappa shape index (κ2) is 13.5. The minimum Gasteiger partial charge on any atom is -0.491 e. The molecular formula is C30H35N3O6S. The second-order valence-corrected chi connectivity index (χ2v) is 11.9. The zero-order valence-corrected chi connectivity index (χ0v) is 23.2. The number of para-hydroxylation sites is 2. The third-order valence-corrected chi connectivity index (χ3v) is 7.13. The number of hydrogen-bond acceptors (Lipinski definition) is 7. The van der Waals surface area contributed by atoms with E-state index in [2.05, 4.69) is 10.6 Å². The van der Waals surface area contributed by atoms with Crippen molar-refractivity contribution in [2.24, 2.45) is 0 Å². The van der Waals surface area contributed by atoms with Crippen LogP contribution < -0.4 is 15.4 Å². The summed E-state index contributed by atoms with van der Waals surface area (Å²) in [5, 5.41) is 27.4. The first-order valence-corrected chi connectivity index (χ1v) is 15.2. The normalized spacial score (nSPS) is 12.3. The molecule has 0 amide bonds. The molecule has 1 aromatic heterocycles. The molecule has 0 aliphatic carbocycles. The maximum atomic E-state index is 12.5. The lowest BCUT2D eigenvalue weighted by Crippen LogP contribution is -2.32. The number of aliphatic hydroxyl groups excluding tert-OH is 1. The number of carboxylic acid groups (broad SMARTS) is 1. The molecule has 0 radical (unpaired) electrons. The summed E-state index contributed by atoms with van der Waals surface area (Å²) >= 11 is 0. The van der Waals surface area contributed by atoms with Gasteiger partial charge in [-0.1, -0.05) is 48.5 Å². The number of rotatable bonds is 15. The lowest BCUT2D eigenvalue weighted by molar-refractivity contribution is 0.0685. The maximum absolute atomic E-state index is 12.5. The summed E-state index contributed by atoms with van der Waals surface area (Å²) in [6.45, 7) is 1.53. The minimum atomic E-state index is -3.15. The van der Waals surface area contributed by atoms with Crippen molar-refractivity contribution in [3.8, 4) is 5.75 Å². The van der Waals surface area contributed by atoms with Crippen molar-refractivity contribution in [2.75, 3.05) is 37.1 Å². The van der Waals surface area contributed by atoms with Gasteiger partial charge in [-0.15, -0.1) is 0 Å². The highest BCUT2D eigenvalue weighted by Crippen LogP contribution is 2.29. The fourth-order valence-corrected chi connectivity index (χ4v) is 5.02. The van der Waals surface area contributed by atoms with E-state index in [-0.39, 0.29) is 18.2 Å². The van der Waals surface area contributed by atoms with Gasteiger partial charge in [0.25, 0.3) is 0 Å². The Bertz CT molecular complexity index is 1520. The fraction of sp³-hybridized carbons (Fsp3) is 0.300. The van der Waals surface area contributed by atoms with E-state index in [0.717, 1.165) is 28.3 Å². The number of hydrogen-bond donors (Lipinski definition) is 4. The third kappa shape index (κ3) is 8.08. The molecular weight excluding hydrogens is 530 g/mol. The van der Waals surface area contributed by atoms with Crippen LogP contribution in [0.4, 0.5) is 5.69 Å². The van der Waals surface area contributed by atoms with E-state index < -0.39 is 21.9 Å². The SMILES string of the molecule is CS(=O)(=O)CNc1ccc(Cn2c(C(=O)O)c(CCCNCC(O)COc3ccccc3)c3ccccc32)cc1. The Hall–Kier alpha value is -3.86. The van der Waals surface area contributed by atoms with Crippen LogP contribution in [-0.4, -0.2) is 67.1 Å². The second-order valence-electron chi connectivity index (χ2n) is 9.76. The van der Waals surface area contributed by atoms with Gasteiger partial charge in [-0.2, -0.15) is 0 Å². The Balaban J connectivity index is 1.39. The average Bonchev–Trinajstić information content (AvgIpc) is 3.25. The van der Waals surface area contributed by atoms with Crippen molar-refractivity contribution in [2.45, 2.75) is 25.5 Å². The van der Waals surface area contributed by atoms with E-state index in [1.54, 1.807) is 12.1 Å². The predicted molar refractivity (Wildman–Crippen MR) is 157 cm³/mol. The highest BCUT2D eigenvalue weighted by Gasteiger charge is 2.22. The topological polar surface area (TPSA) is 130 Å². The lowest BCUT2D eigenvalue weighted by Gasteiger charge is -2.13. The number of aliphatic hydroxyl groups is 1. The number of aromatic carboxylic acids is 1. The zero-order chi connectivity index (χ0) is 28.5. The Labute approximate surface area is 234 Å². The molecule has 1 atom stereocenters. The molecule has 0 saturated heterocycles. The number of nitrogens with one attached hydrogen (secondary N) is 2. The summed E-state index contributed by atoms with van der Waals surface area (Å²) in [6.07, 6.45) is 1.76. The van der Waals surface area contributed by atoms with Gasteiger partial charge in [-0.25, -0.2) is 13.2 Å². The molecule has 0 saturated carbocycles. The third-order valence-electron chi connectivity index (χ3n) is 6.46. The largest absolute Gasteiger partial charge is 0.491 e. The molecule has 0 bridgehead atoms. The lowest BCUT2D eigenvalue weighted by atomic mass is 10.1. The van der Waals surface area contributed by atoms with Crippen LogP contribution in [0.3, 0.4) is 0 Å². The van der Waals surface area contributed by atoms with E-state index in [1.165, 1.54) is 0 Å². The molecule has 10 heteroatoms. The highest BCUT2D eigenvalue weighted by molar-refractivity contribution is 7.90. The number of benzene rings is 3. The number of carbonyl (C=O) groups is 1. The van der Waals surface area contributed by atoms with E-state index >= 15 is 0 Å².